The Bertz CT molecular complexity index is 414. The van der Waals surface area contributed by atoms with Gasteiger partial charge in [-0.2, -0.15) is 0 Å². The molecule has 1 aromatic heterocycles. The van der Waals surface area contributed by atoms with E-state index in [-0.39, 0.29) is 5.16 Å². The Kier molecular flexibility index (Phi) is 11.4. The molecule has 0 saturated carbocycles. The minimum Gasteiger partial charge on any atom is -0.373 e. The lowest BCUT2D eigenvalue weighted by Crippen LogP contribution is -2.65. The average molecular weight is 423 g/mol. The van der Waals surface area contributed by atoms with Gasteiger partial charge in [0.1, 0.15) is 5.16 Å². The van der Waals surface area contributed by atoms with Crippen LogP contribution in [0.3, 0.4) is 0 Å². The molecule has 0 aliphatic heterocycles. The second kappa shape index (κ2) is 12.4. The third-order valence-corrected chi connectivity index (χ3v) is 13.3. The summed E-state index contributed by atoms with van der Waals surface area (Å²) in [7, 11) is -6.36. The van der Waals surface area contributed by atoms with Crippen molar-refractivity contribution in [1.29, 1.82) is 0 Å². The van der Waals surface area contributed by atoms with Crippen LogP contribution in [0.4, 0.5) is 0 Å². The molecular weight excluding hydrogens is 388 g/mol. The van der Waals surface area contributed by atoms with E-state index in [0.717, 1.165) is 4.88 Å². The first-order chi connectivity index (χ1) is 12.6. The van der Waals surface area contributed by atoms with E-state index in [1.54, 1.807) is 11.3 Å². The van der Waals surface area contributed by atoms with Crippen LogP contribution in [-0.2, 0) is 26.6 Å². The first-order valence-electron chi connectivity index (χ1n) is 9.46. The molecule has 0 unspecified atom stereocenters. The highest BCUT2D eigenvalue weighted by Gasteiger charge is 2.66. The summed E-state index contributed by atoms with van der Waals surface area (Å²) < 4.78 is 37.4. The van der Waals surface area contributed by atoms with Crippen molar-refractivity contribution in [2.24, 2.45) is 0 Å². The molecule has 26 heavy (non-hydrogen) atoms. The van der Waals surface area contributed by atoms with E-state index in [0.29, 0.717) is 39.6 Å². The van der Waals surface area contributed by atoms with Gasteiger partial charge in [-0.15, -0.1) is 11.3 Å². The Morgan fingerprint density at radius 3 is 1.27 bits per heavy atom. The van der Waals surface area contributed by atoms with Crippen LogP contribution in [0.5, 0.6) is 0 Å². The zero-order valence-electron chi connectivity index (χ0n) is 16.9. The maximum atomic E-state index is 6.24. The monoisotopic (exact) mass is 422 g/mol. The van der Waals surface area contributed by atoms with Crippen LogP contribution < -0.4 is 0 Å². The number of rotatable bonds is 15. The predicted octanol–water partition coefficient (Wildman–Crippen LogP) is 4.01. The SMILES string of the molecule is CCO[Si](OCC)(OCC)C(c1cccs1)[Si](OCC)(OCC)OCC. The summed E-state index contributed by atoms with van der Waals surface area (Å²) in [5.74, 6) is 0. The van der Waals surface area contributed by atoms with Crippen molar-refractivity contribution >= 4 is 28.9 Å². The van der Waals surface area contributed by atoms with Crippen molar-refractivity contribution in [3.63, 3.8) is 0 Å². The van der Waals surface area contributed by atoms with Gasteiger partial charge in [0.05, 0.1) is 0 Å². The molecule has 0 amide bonds. The molecule has 0 bridgehead atoms. The molecule has 0 N–H and O–H groups in total. The van der Waals surface area contributed by atoms with Crippen LogP contribution in [0, 0.1) is 0 Å². The maximum absolute atomic E-state index is 6.24. The van der Waals surface area contributed by atoms with Crippen LogP contribution in [0.2, 0.25) is 0 Å². The summed E-state index contributed by atoms with van der Waals surface area (Å²) in [6.45, 7) is 14.7. The lowest BCUT2D eigenvalue weighted by Gasteiger charge is -2.42. The predicted molar refractivity (Wildman–Crippen MR) is 108 cm³/mol. The van der Waals surface area contributed by atoms with E-state index >= 15 is 0 Å². The topological polar surface area (TPSA) is 55.4 Å². The van der Waals surface area contributed by atoms with Gasteiger partial charge in [0.15, 0.2) is 0 Å². The molecule has 1 heterocycles. The molecule has 0 spiro atoms. The molecule has 1 rings (SSSR count). The highest BCUT2D eigenvalue weighted by molar-refractivity contribution is 7.11. The molecule has 0 aromatic carbocycles. The smallest absolute Gasteiger partial charge is 0.373 e. The molecule has 0 saturated heterocycles. The van der Waals surface area contributed by atoms with Crippen LogP contribution in [-0.4, -0.2) is 57.3 Å². The Hall–Kier alpha value is -0.106. The van der Waals surface area contributed by atoms with Gasteiger partial charge >= 0.3 is 17.6 Å². The fourth-order valence-corrected chi connectivity index (χ4v) is 12.9. The first-order valence-corrected chi connectivity index (χ1v) is 13.9. The fraction of sp³-hybridized carbons (Fsp3) is 0.765. The van der Waals surface area contributed by atoms with Gasteiger partial charge < -0.3 is 26.6 Å². The molecule has 6 nitrogen and oxygen atoms in total. The molecule has 0 aliphatic rings. The van der Waals surface area contributed by atoms with E-state index in [2.05, 4.69) is 6.07 Å². The molecule has 0 aliphatic carbocycles. The van der Waals surface area contributed by atoms with Crippen molar-refractivity contribution in [1.82, 2.24) is 0 Å². The summed E-state index contributed by atoms with van der Waals surface area (Å²) in [5, 5.41) is 1.73. The number of hydrogen-bond acceptors (Lipinski definition) is 7. The van der Waals surface area contributed by atoms with Gasteiger partial charge in [0.2, 0.25) is 0 Å². The highest BCUT2D eigenvalue weighted by Crippen LogP contribution is 2.41. The van der Waals surface area contributed by atoms with Gasteiger partial charge in [-0.3, -0.25) is 0 Å². The fourth-order valence-electron chi connectivity index (χ4n) is 2.98. The Labute approximate surface area is 164 Å². The number of hydrogen-bond donors (Lipinski definition) is 0. The summed E-state index contributed by atoms with van der Waals surface area (Å²) >= 11 is 1.63. The van der Waals surface area contributed by atoms with E-state index in [4.69, 9.17) is 26.6 Å². The Balaban J connectivity index is 3.60. The Morgan fingerprint density at radius 1 is 0.692 bits per heavy atom. The zero-order chi connectivity index (χ0) is 19.5. The molecule has 152 valence electrons. The Morgan fingerprint density at radius 2 is 1.04 bits per heavy atom. The van der Waals surface area contributed by atoms with E-state index < -0.39 is 17.6 Å². The quantitative estimate of drug-likeness (QED) is 0.398. The third kappa shape index (κ3) is 5.69. The summed E-state index contributed by atoms with van der Waals surface area (Å²) in [6, 6.07) is 4.08. The summed E-state index contributed by atoms with van der Waals surface area (Å²) in [4.78, 5) is 1.06. The molecule has 0 radical (unpaired) electrons. The van der Waals surface area contributed by atoms with E-state index in [1.165, 1.54) is 0 Å². The second-order valence-corrected chi connectivity index (χ2v) is 12.1. The lowest BCUT2D eigenvalue weighted by atomic mass is 10.5. The minimum absolute atomic E-state index is 0.310. The van der Waals surface area contributed by atoms with Crippen LogP contribution in [0.15, 0.2) is 17.5 Å². The van der Waals surface area contributed by atoms with Gasteiger partial charge in [-0.25, -0.2) is 0 Å². The summed E-state index contributed by atoms with van der Waals surface area (Å²) in [5.41, 5.74) is 0. The number of thiophene rings is 1. The normalized spacial score (nSPS) is 12.9. The van der Waals surface area contributed by atoms with Crippen LogP contribution in [0.25, 0.3) is 0 Å². The van der Waals surface area contributed by atoms with Crippen molar-refractivity contribution < 1.29 is 26.6 Å². The second-order valence-electron chi connectivity index (χ2n) is 5.25. The van der Waals surface area contributed by atoms with Gasteiger partial charge in [-0.1, -0.05) is 6.07 Å². The van der Waals surface area contributed by atoms with Gasteiger partial charge in [0, 0.05) is 44.5 Å². The van der Waals surface area contributed by atoms with Crippen LogP contribution >= 0.6 is 11.3 Å². The highest BCUT2D eigenvalue weighted by atomic mass is 32.1. The summed E-state index contributed by atoms with van der Waals surface area (Å²) in [6.07, 6.45) is 0. The van der Waals surface area contributed by atoms with Crippen LogP contribution in [0.1, 0.15) is 51.6 Å². The van der Waals surface area contributed by atoms with Crippen molar-refractivity contribution in [3.8, 4) is 0 Å². The van der Waals surface area contributed by atoms with Gasteiger partial charge in [0.25, 0.3) is 0 Å². The maximum Gasteiger partial charge on any atom is 0.514 e. The standard InChI is InChI=1S/C17H34O6SSi2/c1-7-18-25(19-8-2,20-9-3)17(16-14-13-15-24-16)26(21-10-4,22-11-5)23-12-6/h13-15,17H,7-12H2,1-6H3. The molecular formula is C17H34O6SSi2. The van der Waals surface area contributed by atoms with Crippen molar-refractivity contribution in [3.05, 3.63) is 22.4 Å². The van der Waals surface area contributed by atoms with Crippen molar-refractivity contribution in [2.45, 2.75) is 46.7 Å². The third-order valence-electron chi connectivity index (χ3n) is 3.61. The molecule has 0 fully saturated rings. The van der Waals surface area contributed by atoms with E-state index in [9.17, 15) is 0 Å². The largest absolute Gasteiger partial charge is 0.514 e. The zero-order valence-corrected chi connectivity index (χ0v) is 19.7. The molecule has 1 aromatic rings. The van der Waals surface area contributed by atoms with Gasteiger partial charge in [-0.05, 0) is 53.0 Å². The first kappa shape index (κ1) is 23.9. The molecule has 9 heteroatoms. The lowest BCUT2D eigenvalue weighted by molar-refractivity contribution is 0.0342. The van der Waals surface area contributed by atoms with Crippen molar-refractivity contribution in [2.75, 3.05) is 39.6 Å². The minimum atomic E-state index is -3.18. The van der Waals surface area contributed by atoms with E-state index in [1.807, 2.05) is 53.0 Å². The molecule has 0 atom stereocenters. The average Bonchev–Trinajstić information content (AvgIpc) is 3.10.